The zero-order valence-electron chi connectivity index (χ0n) is 53.2. The van der Waals surface area contributed by atoms with Gasteiger partial charge in [0, 0.05) is 42.3 Å². The number of anilines is 1. The summed E-state index contributed by atoms with van der Waals surface area (Å²) in [7, 11) is 1.38. The Balaban J connectivity index is 0.831. The number of hydrogen-bond donors (Lipinski definition) is 8. The summed E-state index contributed by atoms with van der Waals surface area (Å²) >= 11 is 5.78. The van der Waals surface area contributed by atoms with Crippen LogP contribution in [0.1, 0.15) is 110 Å². The van der Waals surface area contributed by atoms with Crippen LogP contribution in [0.25, 0.3) is 22.3 Å². The zero-order chi connectivity index (χ0) is 66.3. The molecular formula is C67H83N9O15S. The van der Waals surface area contributed by atoms with Crippen LogP contribution >= 0.6 is 12.2 Å². The minimum absolute atomic E-state index is 0.0450. The lowest BCUT2D eigenvalue weighted by atomic mass is 9.85. The van der Waals surface area contributed by atoms with Crippen LogP contribution in [0.4, 0.5) is 5.69 Å². The molecule has 492 valence electrons. The van der Waals surface area contributed by atoms with Crippen molar-refractivity contribution < 1.29 is 67.5 Å². The Morgan fingerprint density at radius 3 is 2.16 bits per heavy atom. The van der Waals surface area contributed by atoms with E-state index in [2.05, 4.69) is 31.9 Å². The highest BCUT2D eigenvalue weighted by Crippen LogP contribution is 2.41. The van der Waals surface area contributed by atoms with Crippen LogP contribution in [-0.4, -0.2) is 152 Å². The van der Waals surface area contributed by atoms with Gasteiger partial charge in [0.05, 0.1) is 41.7 Å². The molecule has 3 aromatic carbocycles. The van der Waals surface area contributed by atoms with Crippen LogP contribution < -0.4 is 42.2 Å². The Bertz CT molecular complexity index is 3620. The quantitative estimate of drug-likeness (QED) is 0.0308. The van der Waals surface area contributed by atoms with Gasteiger partial charge in [-0.15, -0.1) is 0 Å². The molecule has 4 aliphatic rings. The predicted octanol–water partition coefficient (Wildman–Crippen LogP) is 4.40. The van der Waals surface area contributed by atoms with Gasteiger partial charge in [0.25, 0.3) is 5.56 Å². The fraction of sp³-hybridized carbons (Fsp3) is 0.493. The first-order valence-electron chi connectivity index (χ1n) is 31.4. The van der Waals surface area contributed by atoms with Gasteiger partial charge in [0.1, 0.15) is 60.9 Å². The molecule has 8 N–H and O–H groups in total. The number of carbonyl (C=O) groups is 7. The van der Waals surface area contributed by atoms with E-state index in [4.69, 9.17) is 40.9 Å². The maximum absolute atomic E-state index is 14.7. The second kappa shape index (κ2) is 29.5. The second-order valence-electron chi connectivity index (χ2n) is 25.1. The van der Waals surface area contributed by atoms with E-state index < -0.39 is 126 Å². The lowest BCUT2D eigenvalue weighted by Crippen LogP contribution is -2.59. The summed E-state index contributed by atoms with van der Waals surface area (Å²) in [4.78, 5) is 121. The van der Waals surface area contributed by atoms with E-state index in [1.54, 1.807) is 97.8 Å². The smallest absolute Gasteiger partial charge is 0.355 e. The number of carbonyl (C=O) groups excluding carboxylic acids is 7. The van der Waals surface area contributed by atoms with E-state index >= 15 is 0 Å². The Hall–Kier alpha value is -8.36. The maximum atomic E-state index is 14.7. The minimum Gasteiger partial charge on any atom is -0.462 e. The number of cyclic esters (lactones) is 1. The first kappa shape index (κ1) is 68.0. The fourth-order valence-electron chi connectivity index (χ4n) is 12.2. The van der Waals surface area contributed by atoms with E-state index in [0.717, 1.165) is 10.9 Å². The number of methoxy groups -OCH3 is 1. The maximum Gasteiger partial charge on any atom is 0.355 e. The topological polar surface area (TPSA) is 316 Å². The third-order valence-corrected chi connectivity index (χ3v) is 17.5. The molecule has 11 atom stereocenters. The number of amides is 5. The van der Waals surface area contributed by atoms with Gasteiger partial charge in [-0.25, -0.2) is 14.6 Å². The molecule has 24 nitrogen and oxygen atoms in total. The van der Waals surface area contributed by atoms with E-state index in [-0.39, 0.29) is 66.9 Å². The van der Waals surface area contributed by atoms with Crippen molar-refractivity contribution >= 4 is 75.4 Å². The molecule has 0 saturated carbocycles. The molecule has 0 spiro atoms. The molecule has 2 saturated heterocycles. The van der Waals surface area contributed by atoms with Crippen molar-refractivity contribution in [3.8, 4) is 17.1 Å². The normalized spacial score (nSPS) is 22.0. The van der Waals surface area contributed by atoms with Crippen LogP contribution in [0, 0.1) is 17.8 Å². The van der Waals surface area contributed by atoms with Crippen molar-refractivity contribution in [2.75, 3.05) is 25.5 Å². The van der Waals surface area contributed by atoms with Crippen molar-refractivity contribution in [2.24, 2.45) is 17.8 Å². The lowest BCUT2D eigenvalue weighted by molar-refractivity contribution is -0.272. The number of thiocarbonyl (C=S) groups is 1. The fourth-order valence-corrected chi connectivity index (χ4v) is 12.5. The number of likely N-dealkylation sites (tertiary alicyclic amines) is 1. The second-order valence-corrected chi connectivity index (χ2v) is 25.5. The van der Waals surface area contributed by atoms with Crippen molar-refractivity contribution in [1.82, 2.24) is 41.0 Å². The van der Waals surface area contributed by atoms with Crippen LogP contribution in [0.15, 0.2) is 95.8 Å². The summed E-state index contributed by atoms with van der Waals surface area (Å²) in [6, 6.07) is 21.1. The highest BCUT2D eigenvalue weighted by atomic mass is 32.1. The standard InChI is InChI=1S/C67H83N9O15S/c1-10-67(45-31-51-54-41(30-40-19-14-15-20-46(40)71-54)33-76(51)62(84)44(45)34-88-65(67)86)91-63(85)53(37(6)7)74-60(82)49(29-39-17-12-11-13-18-39)72-59(81)48(28-36(4)5)70-52(77)32-68-58(80)47(27-35(2)3)73-61(83)50-21-16-26-75(50)66(92)69-42-22-24-43(25-23-42)90-64-56(79)57(87-9)55(78)38(8)89-64/h11-15,17-20,22-25,30-31,35-38,47-50,53,55-57,64,78-79H,10,16,21,26-29,32-34H2,1-9H3,(H,68,80)(H,69,92)(H,70,77)(H,72,81)(H,73,83)(H,74,82)/t38-,47-,48-,49-,50-,53-,55+,56-,57+,64+,67-/m0/s1. The number of benzene rings is 3. The molecule has 6 heterocycles. The van der Waals surface area contributed by atoms with Gasteiger partial charge >= 0.3 is 11.9 Å². The van der Waals surface area contributed by atoms with E-state index in [1.165, 1.54) is 7.11 Å². The highest BCUT2D eigenvalue weighted by molar-refractivity contribution is 7.80. The van der Waals surface area contributed by atoms with E-state index in [9.17, 15) is 48.6 Å². The molecule has 2 fully saturated rings. The predicted molar refractivity (Wildman–Crippen MR) is 343 cm³/mol. The number of aliphatic hydroxyl groups is 2. The number of pyridine rings is 2. The minimum atomic E-state index is -2.08. The number of esters is 2. The van der Waals surface area contributed by atoms with Crippen molar-refractivity contribution in [3.63, 3.8) is 0 Å². The molecule has 92 heavy (non-hydrogen) atoms. The number of aliphatic hydroxyl groups excluding tert-OH is 2. The largest absolute Gasteiger partial charge is 0.462 e. The summed E-state index contributed by atoms with van der Waals surface area (Å²) < 4.78 is 30.2. The van der Waals surface area contributed by atoms with Crippen molar-refractivity contribution in [2.45, 2.75) is 174 Å². The molecule has 9 rings (SSSR count). The molecule has 0 aliphatic carbocycles. The first-order chi connectivity index (χ1) is 43.9. The number of ether oxygens (including phenoxy) is 5. The average Bonchev–Trinajstić information content (AvgIpc) is 1.42. The summed E-state index contributed by atoms with van der Waals surface area (Å²) in [6.45, 7) is 13.9. The van der Waals surface area contributed by atoms with Gasteiger partial charge in [0.2, 0.25) is 41.4 Å². The Morgan fingerprint density at radius 2 is 1.49 bits per heavy atom. The molecule has 4 aliphatic heterocycles. The van der Waals surface area contributed by atoms with Gasteiger partial charge in [-0.1, -0.05) is 97.0 Å². The van der Waals surface area contributed by atoms with Gasteiger partial charge in [-0.2, -0.15) is 0 Å². The van der Waals surface area contributed by atoms with E-state index in [1.807, 2.05) is 58.0 Å². The number of nitrogens with zero attached hydrogens (tertiary/aromatic N) is 3. The Kier molecular flexibility index (Phi) is 21.8. The highest BCUT2D eigenvalue weighted by Gasteiger charge is 2.52. The number of rotatable bonds is 24. The monoisotopic (exact) mass is 1290 g/mol. The third-order valence-electron chi connectivity index (χ3n) is 17.1. The molecule has 0 unspecified atom stereocenters. The summed E-state index contributed by atoms with van der Waals surface area (Å²) in [6.07, 6.45) is -3.70. The summed E-state index contributed by atoms with van der Waals surface area (Å²) in [5.74, 6) is -5.64. The van der Waals surface area contributed by atoms with Gasteiger partial charge in [-0.3, -0.25) is 28.8 Å². The number of aromatic nitrogens is 2. The molecule has 5 amide bonds. The van der Waals surface area contributed by atoms with Crippen LogP contribution in [0.5, 0.6) is 5.75 Å². The SMILES string of the molecule is CC[C@@]1(OC(=O)[C@@H](NC(=O)[C@H](Cc2ccccc2)NC(=O)[C@H](CC(C)C)NC(=O)CNC(=O)[C@H](CC(C)C)NC(=O)[C@@H]2CCCN2C(=S)Nc2ccc(O[C@H]3O[C@@H](C)[C@@H](O)[C@@H](OC)[C@@H]3O)cc2)C(C)C)C(=O)OCc2c1cc1n(c2=O)Cc2cc3ccccc3nc2-1. The van der Waals surface area contributed by atoms with Crippen molar-refractivity contribution in [1.29, 1.82) is 0 Å². The zero-order valence-corrected chi connectivity index (χ0v) is 54.0. The van der Waals surface area contributed by atoms with Crippen molar-refractivity contribution in [3.05, 3.63) is 124 Å². The molecule has 2 aromatic heterocycles. The number of nitrogens with one attached hydrogen (secondary N) is 6. The first-order valence-corrected chi connectivity index (χ1v) is 31.8. The van der Waals surface area contributed by atoms with Crippen LogP contribution in [-0.2, 0) is 77.7 Å². The number of fused-ring (bicyclic) bond motifs is 5. The third kappa shape index (κ3) is 15.2. The Labute approximate surface area is 539 Å². The van der Waals surface area contributed by atoms with Crippen LogP contribution in [0.2, 0.25) is 0 Å². The lowest BCUT2D eigenvalue weighted by Gasteiger charge is -2.40. The molecule has 0 radical (unpaired) electrons. The van der Waals surface area contributed by atoms with Gasteiger partial charge < -0.3 is 75.3 Å². The number of para-hydroxylation sites is 1. The van der Waals surface area contributed by atoms with Crippen LogP contribution in [0.3, 0.4) is 0 Å². The molecule has 5 aromatic rings. The number of hydrogen-bond acceptors (Lipinski definition) is 17. The average molecular weight is 1290 g/mol. The van der Waals surface area contributed by atoms with E-state index in [0.29, 0.717) is 53.3 Å². The molecular weight excluding hydrogens is 1200 g/mol. The summed E-state index contributed by atoms with van der Waals surface area (Å²) in [5.41, 5.74) is 1.57. The van der Waals surface area contributed by atoms with Gasteiger partial charge in [-0.05, 0) is 117 Å². The molecule has 25 heteroatoms. The summed E-state index contributed by atoms with van der Waals surface area (Å²) in [5, 5.41) is 39.2. The Morgan fingerprint density at radius 1 is 0.815 bits per heavy atom. The van der Waals surface area contributed by atoms with Gasteiger partial charge in [0.15, 0.2) is 5.11 Å². The molecule has 0 bridgehead atoms.